The Labute approximate surface area is 238 Å². The van der Waals surface area contributed by atoms with Crippen molar-refractivity contribution in [3.63, 3.8) is 0 Å². The van der Waals surface area contributed by atoms with Crippen LogP contribution < -0.4 is 9.64 Å². The second kappa shape index (κ2) is 12.1. The summed E-state index contributed by atoms with van der Waals surface area (Å²) in [6.07, 6.45) is -2.92. The van der Waals surface area contributed by atoms with E-state index in [2.05, 4.69) is 4.90 Å². The number of aromatic nitrogens is 2. The number of rotatable bonds is 10. The summed E-state index contributed by atoms with van der Waals surface area (Å²) in [7, 11) is -3.26. The molecule has 0 unspecified atom stereocenters. The number of nitrogens with zero attached hydrogens (tertiary/aromatic N) is 4. The van der Waals surface area contributed by atoms with E-state index in [0.29, 0.717) is 56.3 Å². The maximum Gasteiger partial charge on any atom is 0.416 e. The molecule has 0 atom stereocenters. The van der Waals surface area contributed by atoms with Crippen LogP contribution in [-0.2, 0) is 29.4 Å². The highest BCUT2D eigenvalue weighted by Crippen LogP contribution is 2.30. The first-order valence-electron chi connectivity index (χ1n) is 13.7. The van der Waals surface area contributed by atoms with Gasteiger partial charge in [-0.25, -0.2) is 13.4 Å². The van der Waals surface area contributed by atoms with Gasteiger partial charge >= 0.3 is 6.18 Å². The second-order valence-electron chi connectivity index (χ2n) is 10.1. The highest BCUT2D eigenvalue weighted by Gasteiger charge is 2.30. The van der Waals surface area contributed by atoms with Crippen LogP contribution in [0.4, 0.5) is 18.9 Å². The summed E-state index contributed by atoms with van der Waals surface area (Å²) in [4.78, 5) is 6.95. The Balaban J connectivity index is 1.41. The standard InChI is InChI=1S/C30H33F3N4O3S/c1-2-3-19-41(38,39)36-17-15-35(16-18-36)25-13-14-27-28(20-25)37(21-23-9-11-24(12-10-23)30(31,32)33)29(34-27)22-40-26-7-5-4-6-8-26/h4-14,20H,2-3,15-19,21-22H2,1H3. The quantitative estimate of drug-likeness (QED) is 0.230. The zero-order chi connectivity index (χ0) is 29.0. The third kappa shape index (κ3) is 6.84. The zero-order valence-corrected chi connectivity index (χ0v) is 23.7. The molecule has 0 aliphatic carbocycles. The van der Waals surface area contributed by atoms with Crippen LogP contribution in [0.2, 0.25) is 0 Å². The van der Waals surface area contributed by atoms with Crippen molar-refractivity contribution in [2.75, 3.05) is 36.8 Å². The predicted octanol–water partition coefficient (Wildman–Crippen LogP) is 5.93. The number of sulfonamides is 1. The highest BCUT2D eigenvalue weighted by atomic mass is 32.2. The molecular weight excluding hydrogens is 553 g/mol. The van der Waals surface area contributed by atoms with Crippen LogP contribution in [0.15, 0.2) is 72.8 Å². The number of halogens is 3. The maximum absolute atomic E-state index is 13.1. The number of fused-ring (bicyclic) bond motifs is 1. The number of hydrogen-bond acceptors (Lipinski definition) is 5. The van der Waals surface area contributed by atoms with Crippen molar-refractivity contribution >= 4 is 26.7 Å². The Morgan fingerprint density at radius 3 is 2.29 bits per heavy atom. The molecule has 0 saturated carbocycles. The van der Waals surface area contributed by atoms with Gasteiger partial charge in [0.15, 0.2) is 0 Å². The van der Waals surface area contributed by atoms with E-state index in [4.69, 9.17) is 9.72 Å². The van der Waals surface area contributed by atoms with Gasteiger partial charge in [-0.1, -0.05) is 43.7 Å². The summed E-state index contributed by atoms with van der Waals surface area (Å²) in [6.45, 7) is 4.45. The SMILES string of the molecule is CCCCS(=O)(=O)N1CCN(c2ccc3nc(COc4ccccc4)n(Cc4ccc(C(F)(F)F)cc4)c3c2)CC1. The summed E-state index contributed by atoms with van der Waals surface area (Å²) < 4.78 is 74.2. The fourth-order valence-corrected chi connectivity index (χ4v) is 6.60. The van der Waals surface area contributed by atoms with Crippen LogP contribution in [0.1, 0.15) is 36.7 Å². The van der Waals surface area contributed by atoms with Gasteiger partial charge in [0.25, 0.3) is 0 Å². The third-order valence-corrected chi connectivity index (χ3v) is 9.25. The monoisotopic (exact) mass is 586 g/mol. The van der Waals surface area contributed by atoms with Crippen LogP contribution in [0, 0.1) is 0 Å². The van der Waals surface area contributed by atoms with Gasteiger partial charge in [0.2, 0.25) is 10.0 Å². The number of piperazine rings is 1. The van der Waals surface area contributed by atoms with Crippen molar-refractivity contribution in [3.8, 4) is 5.75 Å². The molecule has 4 aromatic rings. The van der Waals surface area contributed by atoms with Gasteiger partial charge < -0.3 is 14.2 Å². The molecule has 0 amide bonds. The molecule has 41 heavy (non-hydrogen) atoms. The number of para-hydroxylation sites is 1. The first kappa shape index (κ1) is 28.9. The summed E-state index contributed by atoms with van der Waals surface area (Å²) in [6, 6.07) is 20.4. The number of imidazole rings is 1. The van der Waals surface area contributed by atoms with E-state index < -0.39 is 21.8 Å². The van der Waals surface area contributed by atoms with Crippen LogP contribution in [0.25, 0.3) is 11.0 Å². The number of alkyl halides is 3. The summed E-state index contributed by atoms with van der Waals surface area (Å²) in [5.74, 6) is 1.51. The fourth-order valence-electron chi connectivity index (χ4n) is 4.97. The second-order valence-corrected chi connectivity index (χ2v) is 12.2. The molecule has 0 radical (unpaired) electrons. The molecule has 218 valence electrons. The maximum atomic E-state index is 13.1. The van der Waals surface area contributed by atoms with Crippen LogP contribution in [0.5, 0.6) is 5.75 Å². The summed E-state index contributed by atoms with van der Waals surface area (Å²) >= 11 is 0. The zero-order valence-electron chi connectivity index (χ0n) is 22.8. The van der Waals surface area contributed by atoms with E-state index in [1.165, 1.54) is 12.1 Å². The molecule has 11 heteroatoms. The summed E-state index contributed by atoms with van der Waals surface area (Å²) in [5, 5.41) is 0. The van der Waals surface area contributed by atoms with Crippen molar-refractivity contribution < 1.29 is 26.3 Å². The van der Waals surface area contributed by atoms with E-state index in [9.17, 15) is 21.6 Å². The molecule has 1 aromatic heterocycles. The average Bonchev–Trinajstić information content (AvgIpc) is 3.31. The first-order valence-corrected chi connectivity index (χ1v) is 15.3. The molecule has 0 spiro atoms. The molecule has 7 nitrogen and oxygen atoms in total. The van der Waals surface area contributed by atoms with Gasteiger partial charge in [-0.15, -0.1) is 0 Å². The number of benzene rings is 3. The smallest absolute Gasteiger partial charge is 0.416 e. The molecule has 0 bridgehead atoms. The minimum Gasteiger partial charge on any atom is -0.486 e. The van der Waals surface area contributed by atoms with E-state index in [1.807, 2.05) is 60.0 Å². The van der Waals surface area contributed by atoms with E-state index in [-0.39, 0.29) is 12.4 Å². The Morgan fingerprint density at radius 2 is 1.63 bits per heavy atom. The number of hydrogen-bond donors (Lipinski definition) is 0. The Bertz CT molecular complexity index is 1560. The van der Waals surface area contributed by atoms with Crippen molar-refractivity contribution in [2.24, 2.45) is 0 Å². The molecule has 1 saturated heterocycles. The lowest BCUT2D eigenvalue weighted by atomic mass is 10.1. The van der Waals surface area contributed by atoms with Gasteiger partial charge in [0, 0.05) is 38.4 Å². The fraction of sp³-hybridized carbons (Fsp3) is 0.367. The van der Waals surface area contributed by atoms with E-state index in [0.717, 1.165) is 35.3 Å². The van der Waals surface area contributed by atoms with Crippen molar-refractivity contribution in [1.82, 2.24) is 13.9 Å². The number of unbranched alkanes of at least 4 members (excludes halogenated alkanes) is 1. The van der Waals surface area contributed by atoms with Gasteiger partial charge in [-0.2, -0.15) is 17.5 Å². The minimum atomic E-state index is -4.40. The Kier molecular flexibility index (Phi) is 8.55. The number of ether oxygens (including phenoxy) is 1. The van der Waals surface area contributed by atoms with Gasteiger partial charge in [-0.05, 0) is 54.4 Å². The molecule has 2 heterocycles. The minimum absolute atomic E-state index is 0.173. The third-order valence-electron chi connectivity index (χ3n) is 7.30. The van der Waals surface area contributed by atoms with Crippen molar-refractivity contribution in [2.45, 2.75) is 39.1 Å². The largest absolute Gasteiger partial charge is 0.486 e. The lowest BCUT2D eigenvalue weighted by Crippen LogP contribution is -2.49. The van der Waals surface area contributed by atoms with Gasteiger partial charge in [0.05, 0.1) is 22.3 Å². The van der Waals surface area contributed by atoms with Crippen LogP contribution in [0.3, 0.4) is 0 Å². The highest BCUT2D eigenvalue weighted by molar-refractivity contribution is 7.89. The van der Waals surface area contributed by atoms with Crippen LogP contribution in [-0.4, -0.2) is 54.2 Å². The molecule has 0 N–H and O–H groups in total. The van der Waals surface area contributed by atoms with Crippen LogP contribution >= 0.6 is 0 Å². The lowest BCUT2D eigenvalue weighted by Gasteiger charge is -2.35. The number of anilines is 1. The Hall–Kier alpha value is -3.57. The molecule has 5 rings (SSSR count). The molecule has 1 fully saturated rings. The van der Waals surface area contributed by atoms with Crippen molar-refractivity contribution in [1.29, 1.82) is 0 Å². The first-order chi connectivity index (χ1) is 19.6. The Morgan fingerprint density at radius 1 is 0.927 bits per heavy atom. The van der Waals surface area contributed by atoms with E-state index in [1.54, 1.807) is 4.31 Å². The van der Waals surface area contributed by atoms with Crippen molar-refractivity contribution in [3.05, 3.63) is 89.7 Å². The van der Waals surface area contributed by atoms with Gasteiger partial charge in [0.1, 0.15) is 18.2 Å². The lowest BCUT2D eigenvalue weighted by molar-refractivity contribution is -0.137. The molecule has 1 aliphatic rings. The average molecular weight is 587 g/mol. The normalized spacial score (nSPS) is 15.0. The topological polar surface area (TPSA) is 67.7 Å². The molecular formula is C30H33F3N4O3S. The molecule has 1 aliphatic heterocycles. The predicted molar refractivity (Wildman–Crippen MR) is 154 cm³/mol. The molecule has 3 aromatic carbocycles. The summed E-state index contributed by atoms with van der Waals surface area (Å²) in [5.41, 5.74) is 2.52. The van der Waals surface area contributed by atoms with Gasteiger partial charge in [-0.3, -0.25) is 0 Å². The van der Waals surface area contributed by atoms with E-state index >= 15 is 0 Å².